The number of nitrogen functional groups attached to an aromatic ring is 1. The van der Waals surface area contributed by atoms with E-state index in [9.17, 15) is 0 Å². The van der Waals surface area contributed by atoms with Crippen LogP contribution in [0.2, 0.25) is 0 Å². The third kappa shape index (κ3) is 1.37. The van der Waals surface area contributed by atoms with E-state index in [1.54, 1.807) is 4.68 Å². The summed E-state index contributed by atoms with van der Waals surface area (Å²) >= 11 is 0. The lowest BCUT2D eigenvalue weighted by Gasteiger charge is -1.97. The van der Waals surface area contributed by atoms with Crippen molar-refractivity contribution >= 4 is 5.82 Å². The molecule has 11 heavy (non-hydrogen) atoms. The number of hydrogen-bond donors (Lipinski definition) is 1. The zero-order valence-electron chi connectivity index (χ0n) is 7.39. The number of anilines is 1. The Morgan fingerprint density at radius 2 is 2.18 bits per heavy atom. The lowest BCUT2D eigenvalue weighted by Crippen LogP contribution is -1.99. The highest BCUT2D eigenvalue weighted by Crippen LogP contribution is 2.16. The van der Waals surface area contributed by atoms with Gasteiger partial charge in [0.05, 0.1) is 5.69 Å². The third-order valence-corrected chi connectivity index (χ3v) is 1.89. The van der Waals surface area contributed by atoms with Crippen molar-refractivity contribution in [3.8, 4) is 0 Å². The van der Waals surface area contributed by atoms with Crippen LogP contribution in [0.15, 0.2) is 0 Å². The second kappa shape index (κ2) is 2.95. The van der Waals surface area contributed by atoms with Crippen LogP contribution in [0.3, 0.4) is 0 Å². The Bertz CT molecular complexity index is 250. The van der Waals surface area contributed by atoms with Crippen molar-refractivity contribution in [2.45, 2.75) is 26.7 Å². The van der Waals surface area contributed by atoms with E-state index < -0.39 is 0 Å². The van der Waals surface area contributed by atoms with Gasteiger partial charge >= 0.3 is 0 Å². The van der Waals surface area contributed by atoms with Crippen LogP contribution in [-0.2, 0) is 13.5 Å². The van der Waals surface area contributed by atoms with Crippen molar-refractivity contribution in [3.63, 3.8) is 0 Å². The van der Waals surface area contributed by atoms with Crippen molar-refractivity contribution in [2.24, 2.45) is 7.05 Å². The summed E-state index contributed by atoms with van der Waals surface area (Å²) in [5, 5.41) is 4.22. The van der Waals surface area contributed by atoms with E-state index in [4.69, 9.17) is 5.73 Å². The average Bonchev–Trinajstić information content (AvgIpc) is 2.17. The molecular weight excluding hydrogens is 138 g/mol. The lowest BCUT2D eigenvalue weighted by molar-refractivity contribution is 0.767. The molecule has 0 radical (unpaired) electrons. The summed E-state index contributed by atoms with van der Waals surface area (Å²) in [6.45, 7) is 4.15. The first-order valence-electron chi connectivity index (χ1n) is 3.94. The fraction of sp³-hybridized carbons (Fsp3) is 0.625. The second-order valence-corrected chi connectivity index (χ2v) is 2.82. The predicted octanol–water partition coefficient (Wildman–Crippen LogP) is 1.26. The number of hydrogen-bond acceptors (Lipinski definition) is 2. The summed E-state index contributed by atoms with van der Waals surface area (Å²) in [5.74, 6) is 0.810. The Morgan fingerprint density at radius 1 is 1.55 bits per heavy atom. The van der Waals surface area contributed by atoms with Crippen LogP contribution in [0.1, 0.15) is 24.6 Å². The van der Waals surface area contributed by atoms with Gasteiger partial charge in [0.2, 0.25) is 0 Å². The molecule has 62 valence electrons. The molecule has 2 N–H and O–H groups in total. The molecule has 0 aliphatic rings. The molecule has 0 spiro atoms. The van der Waals surface area contributed by atoms with Crippen molar-refractivity contribution < 1.29 is 0 Å². The Hall–Kier alpha value is -0.990. The highest BCUT2D eigenvalue weighted by Gasteiger charge is 2.07. The van der Waals surface area contributed by atoms with Gasteiger partial charge in [0, 0.05) is 12.6 Å². The fourth-order valence-electron chi connectivity index (χ4n) is 1.28. The number of nitrogens with two attached hydrogens (primary N) is 1. The van der Waals surface area contributed by atoms with E-state index in [0.29, 0.717) is 0 Å². The fourth-order valence-corrected chi connectivity index (χ4v) is 1.28. The highest BCUT2D eigenvalue weighted by molar-refractivity contribution is 5.42. The number of rotatable bonds is 2. The maximum atomic E-state index is 5.79. The van der Waals surface area contributed by atoms with E-state index in [0.717, 1.165) is 24.4 Å². The Kier molecular flexibility index (Phi) is 2.17. The standard InChI is InChI=1S/C8H15N3/c1-4-5-7-6(2)10-11(3)8(7)9/h4-5,9H2,1-3H3. The summed E-state index contributed by atoms with van der Waals surface area (Å²) in [6.07, 6.45) is 2.16. The molecule has 0 amide bonds. The highest BCUT2D eigenvalue weighted by atomic mass is 15.3. The van der Waals surface area contributed by atoms with Crippen LogP contribution in [-0.4, -0.2) is 9.78 Å². The van der Waals surface area contributed by atoms with Gasteiger partial charge in [-0.15, -0.1) is 0 Å². The Balaban J connectivity index is 3.02. The first kappa shape index (κ1) is 8.11. The molecule has 0 saturated carbocycles. The summed E-state index contributed by atoms with van der Waals surface area (Å²) in [7, 11) is 1.88. The van der Waals surface area contributed by atoms with Gasteiger partial charge in [-0.05, 0) is 13.3 Å². The minimum atomic E-state index is 0.810. The molecule has 1 aromatic rings. The summed E-state index contributed by atoms with van der Waals surface area (Å²) in [6, 6.07) is 0. The van der Waals surface area contributed by atoms with Crippen LogP contribution >= 0.6 is 0 Å². The molecule has 1 heterocycles. The number of aryl methyl sites for hydroxylation is 2. The first-order valence-corrected chi connectivity index (χ1v) is 3.94. The second-order valence-electron chi connectivity index (χ2n) is 2.82. The van der Waals surface area contributed by atoms with Crippen molar-refractivity contribution in [2.75, 3.05) is 5.73 Å². The molecule has 0 aliphatic carbocycles. The van der Waals surface area contributed by atoms with Gasteiger partial charge in [0.15, 0.2) is 0 Å². The summed E-state index contributed by atoms with van der Waals surface area (Å²) in [4.78, 5) is 0. The summed E-state index contributed by atoms with van der Waals surface area (Å²) in [5.41, 5.74) is 8.06. The number of nitrogens with zero attached hydrogens (tertiary/aromatic N) is 2. The SMILES string of the molecule is CCCc1c(C)nn(C)c1N. The lowest BCUT2D eigenvalue weighted by atomic mass is 10.1. The van der Waals surface area contributed by atoms with E-state index in [2.05, 4.69) is 12.0 Å². The third-order valence-electron chi connectivity index (χ3n) is 1.89. The van der Waals surface area contributed by atoms with E-state index in [1.165, 1.54) is 5.56 Å². The van der Waals surface area contributed by atoms with Gasteiger partial charge in [0.25, 0.3) is 0 Å². The minimum absolute atomic E-state index is 0.810. The van der Waals surface area contributed by atoms with Crippen LogP contribution in [0, 0.1) is 6.92 Å². The topological polar surface area (TPSA) is 43.8 Å². The monoisotopic (exact) mass is 153 g/mol. The van der Waals surface area contributed by atoms with E-state index in [1.807, 2.05) is 14.0 Å². The number of aromatic nitrogens is 2. The van der Waals surface area contributed by atoms with Crippen LogP contribution in [0.5, 0.6) is 0 Å². The molecule has 0 bridgehead atoms. The normalized spacial score (nSPS) is 10.5. The van der Waals surface area contributed by atoms with Gasteiger partial charge < -0.3 is 5.73 Å². The smallest absolute Gasteiger partial charge is 0.124 e. The van der Waals surface area contributed by atoms with Gasteiger partial charge in [-0.25, -0.2) is 0 Å². The summed E-state index contributed by atoms with van der Waals surface area (Å²) < 4.78 is 1.74. The van der Waals surface area contributed by atoms with E-state index in [-0.39, 0.29) is 0 Å². The van der Waals surface area contributed by atoms with Crippen LogP contribution in [0.25, 0.3) is 0 Å². The van der Waals surface area contributed by atoms with Gasteiger partial charge in [-0.1, -0.05) is 13.3 Å². The molecule has 0 fully saturated rings. The Labute approximate surface area is 67.2 Å². The molecule has 0 saturated heterocycles. The molecule has 1 rings (SSSR count). The zero-order valence-corrected chi connectivity index (χ0v) is 7.39. The van der Waals surface area contributed by atoms with Crippen molar-refractivity contribution in [3.05, 3.63) is 11.3 Å². The Morgan fingerprint density at radius 3 is 2.55 bits per heavy atom. The molecule has 0 atom stereocenters. The maximum Gasteiger partial charge on any atom is 0.124 e. The van der Waals surface area contributed by atoms with Gasteiger partial charge in [-0.2, -0.15) is 5.10 Å². The van der Waals surface area contributed by atoms with Crippen molar-refractivity contribution in [1.29, 1.82) is 0 Å². The van der Waals surface area contributed by atoms with Crippen molar-refractivity contribution in [1.82, 2.24) is 9.78 Å². The maximum absolute atomic E-state index is 5.79. The minimum Gasteiger partial charge on any atom is -0.384 e. The molecule has 1 aromatic heterocycles. The largest absolute Gasteiger partial charge is 0.384 e. The van der Waals surface area contributed by atoms with Gasteiger partial charge in [-0.3, -0.25) is 4.68 Å². The first-order chi connectivity index (χ1) is 5.16. The zero-order chi connectivity index (χ0) is 8.43. The average molecular weight is 153 g/mol. The molecule has 3 heteroatoms. The quantitative estimate of drug-likeness (QED) is 0.695. The molecule has 0 aromatic carbocycles. The molecule has 0 unspecified atom stereocenters. The predicted molar refractivity (Wildman–Crippen MR) is 46.4 cm³/mol. The van der Waals surface area contributed by atoms with Crippen LogP contribution in [0.4, 0.5) is 5.82 Å². The van der Waals surface area contributed by atoms with Crippen LogP contribution < -0.4 is 5.73 Å². The van der Waals surface area contributed by atoms with E-state index >= 15 is 0 Å². The molecule has 0 aliphatic heterocycles. The molecule has 3 nitrogen and oxygen atoms in total. The van der Waals surface area contributed by atoms with Gasteiger partial charge in [0.1, 0.15) is 5.82 Å². The molecular formula is C8H15N3.